The highest BCUT2D eigenvalue weighted by molar-refractivity contribution is 7.99. The molecule has 0 saturated heterocycles. The minimum atomic E-state index is 0.0921. The number of nitrogens with one attached hydrogen (secondary N) is 1. The van der Waals surface area contributed by atoms with Crippen molar-refractivity contribution in [1.29, 1.82) is 0 Å². The molecule has 0 unspecified atom stereocenters. The Morgan fingerprint density at radius 1 is 1.73 bits per heavy atom. The SMILES string of the molecule is C#CCCCNC(=O)CSC. The van der Waals surface area contributed by atoms with Gasteiger partial charge in [0.05, 0.1) is 5.75 Å². The van der Waals surface area contributed by atoms with E-state index in [1.54, 1.807) is 0 Å². The first-order valence-electron chi connectivity index (χ1n) is 3.50. The molecule has 0 aliphatic heterocycles. The molecule has 11 heavy (non-hydrogen) atoms. The van der Waals surface area contributed by atoms with E-state index in [1.807, 2.05) is 6.26 Å². The van der Waals surface area contributed by atoms with E-state index in [-0.39, 0.29) is 5.91 Å². The van der Waals surface area contributed by atoms with Crippen molar-refractivity contribution in [2.45, 2.75) is 12.8 Å². The molecule has 1 N–H and O–H groups in total. The van der Waals surface area contributed by atoms with Crippen LogP contribution in [0, 0.1) is 12.3 Å². The van der Waals surface area contributed by atoms with Crippen molar-refractivity contribution in [3.05, 3.63) is 0 Å². The lowest BCUT2D eigenvalue weighted by atomic mass is 10.3. The third-order valence-electron chi connectivity index (χ3n) is 1.10. The third kappa shape index (κ3) is 7.27. The van der Waals surface area contributed by atoms with Gasteiger partial charge in [0.15, 0.2) is 0 Å². The fraction of sp³-hybridized carbons (Fsp3) is 0.625. The maximum atomic E-state index is 10.8. The fourth-order valence-corrected chi connectivity index (χ4v) is 0.965. The minimum Gasteiger partial charge on any atom is -0.355 e. The van der Waals surface area contributed by atoms with Crippen molar-refractivity contribution < 1.29 is 4.79 Å². The van der Waals surface area contributed by atoms with E-state index in [0.717, 1.165) is 12.8 Å². The predicted molar refractivity (Wildman–Crippen MR) is 49.5 cm³/mol. The van der Waals surface area contributed by atoms with E-state index in [9.17, 15) is 4.79 Å². The smallest absolute Gasteiger partial charge is 0.229 e. The van der Waals surface area contributed by atoms with Gasteiger partial charge in [-0.1, -0.05) is 0 Å². The number of terminal acetylenes is 1. The molecule has 0 heterocycles. The molecule has 0 aliphatic carbocycles. The summed E-state index contributed by atoms with van der Waals surface area (Å²) in [6, 6.07) is 0. The number of carbonyl (C=O) groups excluding carboxylic acids is 1. The highest BCUT2D eigenvalue weighted by Crippen LogP contribution is 1.89. The van der Waals surface area contributed by atoms with Crippen molar-refractivity contribution in [2.75, 3.05) is 18.6 Å². The lowest BCUT2D eigenvalue weighted by Crippen LogP contribution is -2.25. The summed E-state index contributed by atoms with van der Waals surface area (Å²) in [7, 11) is 0. The number of thioether (sulfide) groups is 1. The summed E-state index contributed by atoms with van der Waals surface area (Å²) >= 11 is 1.52. The van der Waals surface area contributed by atoms with Gasteiger partial charge < -0.3 is 5.32 Å². The Balaban J connectivity index is 3.12. The Morgan fingerprint density at radius 3 is 3.00 bits per heavy atom. The van der Waals surface area contributed by atoms with Gasteiger partial charge in [0.2, 0.25) is 5.91 Å². The molecule has 0 spiro atoms. The number of unbranched alkanes of at least 4 members (excludes halogenated alkanes) is 1. The molecular weight excluding hydrogens is 158 g/mol. The average molecular weight is 171 g/mol. The molecule has 0 atom stereocenters. The molecule has 1 amide bonds. The summed E-state index contributed by atoms with van der Waals surface area (Å²) in [4.78, 5) is 10.8. The van der Waals surface area contributed by atoms with Crippen LogP contribution in [0.4, 0.5) is 0 Å². The fourth-order valence-electron chi connectivity index (χ4n) is 0.600. The van der Waals surface area contributed by atoms with Crippen LogP contribution in [-0.4, -0.2) is 24.5 Å². The molecule has 3 heteroatoms. The summed E-state index contributed by atoms with van der Waals surface area (Å²) in [5.41, 5.74) is 0. The predicted octanol–water partition coefficient (Wildman–Crippen LogP) is 0.879. The van der Waals surface area contributed by atoms with E-state index < -0.39 is 0 Å². The number of rotatable bonds is 5. The van der Waals surface area contributed by atoms with Crippen molar-refractivity contribution in [3.63, 3.8) is 0 Å². The van der Waals surface area contributed by atoms with Gasteiger partial charge in [-0.25, -0.2) is 0 Å². The maximum Gasteiger partial charge on any atom is 0.229 e. The van der Waals surface area contributed by atoms with E-state index in [2.05, 4.69) is 11.2 Å². The first kappa shape index (κ1) is 10.4. The first-order valence-corrected chi connectivity index (χ1v) is 4.89. The van der Waals surface area contributed by atoms with Gasteiger partial charge in [0.25, 0.3) is 0 Å². The van der Waals surface area contributed by atoms with Gasteiger partial charge in [-0.05, 0) is 12.7 Å². The van der Waals surface area contributed by atoms with Crippen molar-refractivity contribution in [1.82, 2.24) is 5.32 Å². The minimum absolute atomic E-state index is 0.0921. The summed E-state index contributed by atoms with van der Waals surface area (Å²) in [6.07, 6.45) is 8.55. The van der Waals surface area contributed by atoms with Crippen LogP contribution in [0.1, 0.15) is 12.8 Å². The molecule has 0 aromatic carbocycles. The first-order chi connectivity index (χ1) is 5.31. The van der Waals surface area contributed by atoms with E-state index in [0.29, 0.717) is 12.3 Å². The van der Waals surface area contributed by atoms with Gasteiger partial charge in [0.1, 0.15) is 0 Å². The van der Waals surface area contributed by atoms with E-state index >= 15 is 0 Å². The second-order valence-electron chi connectivity index (χ2n) is 2.09. The van der Waals surface area contributed by atoms with Crippen LogP contribution < -0.4 is 5.32 Å². The van der Waals surface area contributed by atoms with Crippen molar-refractivity contribution in [2.24, 2.45) is 0 Å². The van der Waals surface area contributed by atoms with Crippen molar-refractivity contribution >= 4 is 17.7 Å². The standard InChI is InChI=1S/C8H13NOS/c1-3-4-5-6-9-8(10)7-11-2/h1H,4-7H2,2H3,(H,9,10). The largest absolute Gasteiger partial charge is 0.355 e. The van der Waals surface area contributed by atoms with Gasteiger partial charge in [-0.15, -0.1) is 12.3 Å². The summed E-state index contributed by atoms with van der Waals surface area (Å²) in [5.74, 6) is 3.15. The molecule has 0 rings (SSSR count). The molecule has 0 fully saturated rings. The van der Waals surface area contributed by atoms with Gasteiger partial charge in [0, 0.05) is 13.0 Å². The summed E-state index contributed by atoms with van der Waals surface area (Å²) in [5, 5.41) is 2.76. The van der Waals surface area contributed by atoms with Gasteiger partial charge >= 0.3 is 0 Å². The van der Waals surface area contributed by atoms with E-state index in [1.165, 1.54) is 11.8 Å². The average Bonchev–Trinajstić information content (AvgIpc) is 1.99. The second kappa shape index (κ2) is 7.49. The summed E-state index contributed by atoms with van der Waals surface area (Å²) < 4.78 is 0. The van der Waals surface area contributed by atoms with Crippen LogP contribution in [-0.2, 0) is 4.79 Å². The zero-order valence-corrected chi connectivity index (χ0v) is 7.54. The molecule has 0 bridgehead atoms. The molecule has 2 nitrogen and oxygen atoms in total. The van der Waals surface area contributed by atoms with Crippen LogP contribution >= 0.6 is 11.8 Å². The Kier molecular flexibility index (Phi) is 7.06. The van der Waals surface area contributed by atoms with Crippen LogP contribution in [0.25, 0.3) is 0 Å². The zero-order valence-electron chi connectivity index (χ0n) is 6.72. The Morgan fingerprint density at radius 2 is 2.45 bits per heavy atom. The molecule has 62 valence electrons. The van der Waals surface area contributed by atoms with Crippen LogP contribution in [0.2, 0.25) is 0 Å². The zero-order chi connectivity index (χ0) is 8.53. The van der Waals surface area contributed by atoms with Crippen molar-refractivity contribution in [3.8, 4) is 12.3 Å². The Labute approximate surface area is 72.1 Å². The van der Waals surface area contributed by atoms with E-state index in [4.69, 9.17) is 6.42 Å². The number of amides is 1. The Hall–Kier alpha value is -0.620. The topological polar surface area (TPSA) is 29.1 Å². The van der Waals surface area contributed by atoms with Gasteiger partial charge in [-0.2, -0.15) is 11.8 Å². The lowest BCUT2D eigenvalue weighted by Gasteiger charge is -2.00. The molecule has 0 aliphatic rings. The number of hydrogen-bond donors (Lipinski definition) is 1. The molecule has 0 aromatic heterocycles. The summed E-state index contributed by atoms with van der Waals surface area (Å²) in [6.45, 7) is 0.698. The molecule has 0 aromatic rings. The van der Waals surface area contributed by atoms with Crippen LogP contribution in [0.15, 0.2) is 0 Å². The quantitative estimate of drug-likeness (QED) is 0.491. The highest BCUT2D eigenvalue weighted by atomic mass is 32.2. The Bertz CT molecular complexity index is 151. The highest BCUT2D eigenvalue weighted by Gasteiger charge is 1.96. The molecular formula is C8H13NOS. The molecule has 0 radical (unpaired) electrons. The lowest BCUT2D eigenvalue weighted by molar-refractivity contribution is -0.118. The maximum absolute atomic E-state index is 10.8. The monoisotopic (exact) mass is 171 g/mol. The van der Waals surface area contributed by atoms with Crippen LogP contribution in [0.5, 0.6) is 0 Å². The van der Waals surface area contributed by atoms with Gasteiger partial charge in [-0.3, -0.25) is 4.79 Å². The third-order valence-corrected chi connectivity index (χ3v) is 1.65. The second-order valence-corrected chi connectivity index (χ2v) is 2.96. The number of carbonyl (C=O) groups is 1. The number of hydrogen-bond acceptors (Lipinski definition) is 2. The van der Waals surface area contributed by atoms with Crippen LogP contribution in [0.3, 0.4) is 0 Å². The molecule has 0 saturated carbocycles. The normalized spacial score (nSPS) is 8.73.